The molecule has 3 aliphatic carbocycles. The van der Waals surface area contributed by atoms with E-state index in [2.05, 4.69) is 38.3 Å². The van der Waals surface area contributed by atoms with Crippen molar-refractivity contribution in [1.29, 1.82) is 0 Å². The zero-order valence-electron chi connectivity index (χ0n) is 28.7. The molecule has 0 unspecified atom stereocenters. The van der Waals surface area contributed by atoms with Crippen molar-refractivity contribution in [2.75, 3.05) is 37.5 Å². The Morgan fingerprint density at radius 2 is 2.02 bits per heavy atom. The Balaban J connectivity index is 1.28. The van der Waals surface area contributed by atoms with Crippen LogP contribution in [0, 0.1) is 23.7 Å². The van der Waals surface area contributed by atoms with Gasteiger partial charge in [-0.05, 0) is 118 Å². The summed E-state index contributed by atoms with van der Waals surface area (Å²) in [6.45, 7) is 5.64. The van der Waals surface area contributed by atoms with Gasteiger partial charge in [0.1, 0.15) is 15.7 Å². The normalized spacial score (nSPS) is 36.5. The fraction of sp³-hybridized carbons (Fsp3) is 0.579. The first-order chi connectivity index (χ1) is 23.4. The van der Waals surface area contributed by atoms with Crippen LogP contribution in [0.2, 0.25) is 5.02 Å². The summed E-state index contributed by atoms with van der Waals surface area (Å²) in [6.07, 6.45) is 10.4. The number of nitrogens with one attached hydrogen (secondary N) is 1. The Hall–Kier alpha value is -2.92. The summed E-state index contributed by atoms with van der Waals surface area (Å²) in [4.78, 5) is 29.5. The lowest BCUT2D eigenvalue weighted by Crippen LogP contribution is -2.50. The molecule has 2 saturated carbocycles. The van der Waals surface area contributed by atoms with Gasteiger partial charge in [0.2, 0.25) is 5.91 Å². The molecule has 2 fully saturated rings. The maximum Gasteiger partial charge on any atom is 0.286 e. The number of carbonyl (C=O) groups excluding carboxylic acids is 2. The minimum absolute atomic E-state index is 0.0216. The smallest absolute Gasteiger partial charge is 0.286 e. The molecular weight excluding hydrogens is 662 g/mol. The predicted octanol–water partition coefficient (Wildman–Crippen LogP) is 6.25. The molecule has 2 aromatic carbocycles. The van der Waals surface area contributed by atoms with E-state index in [9.17, 15) is 18.9 Å². The lowest BCUT2D eigenvalue weighted by atomic mass is 9.68. The second-order valence-electron chi connectivity index (χ2n) is 15.5. The van der Waals surface area contributed by atoms with Crippen molar-refractivity contribution >= 4 is 39.0 Å². The molecule has 2 aromatic rings. The summed E-state index contributed by atoms with van der Waals surface area (Å²) < 4.78 is 34.0. The van der Waals surface area contributed by atoms with Crippen molar-refractivity contribution in [3.05, 3.63) is 70.3 Å². The van der Waals surface area contributed by atoms with Gasteiger partial charge in [0.05, 0.1) is 29.8 Å². The molecule has 6 atom stereocenters. The van der Waals surface area contributed by atoms with Gasteiger partial charge < -0.3 is 19.5 Å². The van der Waals surface area contributed by atoms with E-state index >= 15 is 0 Å². The quantitative estimate of drug-likeness (QED) is 0.362. The third kappa shape index (κ3) is 7.03. The first kappa shape index (κ1) is 34.5. The average molecular weight is 710 g/mol. The van der Waals surface area contributed by atoms with Crippen molar-refractivity contribution in [2.24, 2.45) is 28.0 Å². The first-order valence-electron chi connectivity index (χ1n) is 17.7. The van der Waals surface area contributed by atoms with Crippen LogP contribution in [0.4, 0.5) is 5.69 Å². The molecule has 49 heavy (non-hydrogen) atoms. The van der Waals surface area contributed by atoms with E-state index in [4.69, 9.17) is 21.1 Å². The third-order valence-corrected chi connectivity index (χ3v) is 13.8. The second kappa shape index (κ2) is 13.3. The summed E-state index contributed by atoms with van der Waals surface area (Å²) in [7, 11) is -1.72. The van der Waals surface area contributed by atoms with Gasteiger partial charge in [-0.15, -0.1) is 4.36 Å². The average Bonchev–Trinajstić information content (AvgIpc) is 3.17. The number of aryl methyl sites for hydroxylation is 1. The SMILES string of the molecule is CO[C@H]1/C=C/C[C@H](C)C[S@@](=O)(NC(=O)C2CC(C)(O)C2)=NC(=O)c2ccc3c(c2)N(C[C@@H]2CC[C@H]21)C[C@@]1(CCCc2cc(Cl)ccc21)CO3. The number of allylic oxidation sites excluding steroid dienone is 1. The zero-order chi connectivity index (χ0) is 34.6. The van der Waals surface area contributed by atoms with Gasteiger partial charge >= 0.3 is 0 Å². The van der Waals surface area contributed by atoms with Crippen LogP contribution >= 0.6 is 11.6 Å². The number of anilines is 1. The van der Waals surface area contributed by atoms with Gasteiger partial charge in [-0.3, -0.25) is 14.3 Å². The van der Waals surface area contributed by atoms with Gasteiger partial charge in [0.15, 0.2) is 0 Å². The van der Waals surface area contributed by atoms with Crippen molar-refractivity contribution in [3.63, 3.8) is 0 Å². The lowest BCUT2D eigenvalue weighted by Gasteiger charge is -2.46. The molecule has 1 spiro atoms. The minimum atomic E-state index is -3.48. The number of hydrogen-bond donors (Lipinski definition) is 2. The molecule has 0 aromatic heterocycles. The molecule has 264 valence electrons. The monoisotopic (exact) mass is 709 g/mol. The molecule has 9 nitrogen and oxygen atoms in total. The maximum absolute atomic E-state index is 14.4. The highest BCUT2D eigenvalue weighted by atomic mass is 35.5. The summed E-state index contributed by atoms with van der Waals surface area (Å²) in [5, 5.41) is 10.9. The number of methoxy groups -OCH3 is 1. The number of carbonyl (C=O) groups is 2. The van der Waals surface area contributed by atoms with Gasteiger partial charge in [0.25, 0.3) is 5.91 Å². The molecular formula is C38H48ClN3O6S. The highest BCUT2D eigenvalue weighted by Gasteiger charge is 2.45. The number of aliphatic hydroxyl groups is 1. The Bertz CT molecular complexity index is 1780. The highest BCUT2D eigenvalue weighted by Crippen LogP contribution is 2.47. The Morgan fingerprint density at radius 3 is 2.76 bits per heavy atom. The largest absolute Gasteiger partial charge is 0.490 e. The van der Waals surface area contributed by atoms with Crippen LogP contribution in [0.25, 0.3) is 0 Å². The topological polar surface area (TPSA) is 118 Å². The number of benzene rings is 2. The Morgan fingerprint density at radius 1 is 1.20 bits per heavy atom. The van der Waals surface area contributed by atoms with Crippen molar-refractivity contribution in [2.45, 2.75) is 82.3 Å². The van der Waals surface area contributed by atoms with Crippen molar-refractivity contribution in [1.82, 2.24) is 4.72 Å². The lowest BCUT2D eigenvalue weighted by molar-refractivity contribution is -0.137. The third-order valence-electron chi connectivity index (χ3n) is 11.5. The molecule has 2 heterocycles. The van der Waals surface area contributed by atoms with Gasteiger partial charge in [0, 0.05) is 42.1 Å². The first-order valence-corrected chi connectivity index (χ1v) is 19.8. The van der Waals surface area contributed by atoms with Crippen LogP contribution in [-0.2, 0) is 31.3 Å². The van der Waals surface area contributed by atoms with Crippen molar-refractivity contribution in [3.8, 4) is 5.75 Å². The fourth-order valence-electron chi connectivity index (χ4n) is 8.80. The Labute approximate surface area is 295 Å². The number of rotatable bonds is 3. The molecule has 0 saturated heterocycles. The van der Waals surface area contributed by atoms with E-state index in [0.717, 1.165) is 55.9 Å². The van der Waals surface area contributed by atoms with E-state index < -0.39 is 33.2 Å². The molecule has 11 heteroatoms. The Kier molecular flexibility index (Phi) is 9.39. The van der Waals surface area contributed by atoms with Crippen LogP contribution in [0.3, 0.4) is 0 Å². The molecule has 2 N–H and O–H groups in total. The molecule has 0 radical (unpaired) electrons. The summed E-state index contributed by atoms with van der Waals surface area (Å²) >= 11 is 6.44. The zero-order valence-corrected chi connectivity index (χ0v) is 30.2. The van der Waals surface area contributed by atoms with Gasteiger partial charge in [-0.1, -0.05) is 36.7 Å². The summed E-state index contributed by atoms with van der Waals surface area (Å²) in [5.41, 5.74) is 2.48. The number of fused-ring (bicyclic) bond motifs is 4. The van der Waals surface area contributed by atoms with Crippen LogP contribution in [0.1, 0.15) is 80.3 Å². The number of ether oxygens (including phenoxy) is 2. The number of nitrogens with zero attached hydrogens (tertiary/aromatic N) is 2. The molecule has 2 bridgehead atoms. The van der Waals surface area contributed by atoms with E-state index in [1.807, 2.05) is 25.1 Å². The van der Waals surface area contributed by atoms with Crippen LogP contribution in [0.15, 0.2) is 52.9 Å². The van der Waals surface area contributed by atoms with Gasteiger partial charge in [-0.25, -0.2) is 4.21 Å². The molecule has 5 aliphatic rings. The standard InChI is InChI=1S/C38H48ClN3O6S/c1-24-6-4-8-33(47-3)30-12-9-27(30)20-42-22-38(15-5-7-25-16-29(39)11-13-31(25)38)23-48-34-14-10-26(17-32(34)42)35(43)40-49(46,21-24)41-36(44)28-18-37(2,45)19-28/h4,8,10-11,13-14,16-17,24,27-28,30,33,45H,5-7,9,12,15,18-23H2,1-3H3,(H,40,41,43,44,46)/b8-4+/t24-,27-,28?,30+,33-,37?,38-,49-/m0/s1. The number of amides is 2. The van der Waals surface area contributed by atoms with Crippen LogP contribution in [-0.4, -0.2) is 65.4 Å². The molecule has 7 rings (SSSR count). The minimum Gasteiger partial charge on any atom is -0.490 e. The molecule has 2 aliphatic heterocycles. The van der Waals surface area contributed by atoms with Crippen molar-refractivity contribution < 1.29 is 28.4 Å². The van der Waals surface area contributed by atoms with Gasteiger partial charge in [-0.2, -0.15) is 0 Å². The predicted molar refractivity (Wildman–Crippen MR) is 191 cm³/mol. The highest BCUT2D eigenvalue weighted by molar-refractivity contribution is 7.92. The van der Waals surface area contributed by atoms with E-state index in [0.29, 0.717) is 36.2 Å². The number of halogens is 1. The van der Waals surface area contributed by atoms with Crippen LogP contribution in [0.5, 0.6) is 5.75 Å². The van der Waals surface area contributed by atoms with Crippen LogP contribution < -0.4 is 14.4 Å². The van der Waals surface area contributed by atoms with E-state index in [-0.39, 0.29) is 36.0 Å². The fourth-order valence-corrected chi connectivity index (χ4v) is 11.0. The summed E-state index contributed by atoms with van der Waals surface area (Å²) in [5.74, 6) is -0.230. The second-order valence-corrected chi connectivity index (χ2v) is 18.0. The van der Waals surface area contributed by atoms with E-state index in [1.54, 1.807) is 20.1 Å². The van der Waals surface area contributed by atoms with E-state index in [1.165, 1.54) is 11.1 Å². The number of hydrogen-bond acceptors (Lipinski definition) is 7. The maximum atomic E-state index is 14.4. The molecule has 2 amide bonds. The summed E-state index contributed by atoms with van der Waals surface area (Å²) in [6, 6.07) is 11.6.